The van der Waals surface area contributed by atoms with Crippen molar-refractivity contribution in [2.24, 2.45) is 46.0 Å². The molecule has 4 rings (SSSR count). The molecule has 0 aromatic rings. The van der Waals surface area contributed by atoms with Crippen molar-refractivity contribution >= 4 is 11.7 Å². The Kier molecular flexibility index (Phi) is 6.78. The summed E-state index contributed by atoms with van der Waals surface area (Å²) in [5.74, 6) is 1.60. The molecule has 7 atom stereocenters. The molecule has 0 aromatic carbocycles. The fraction of sp³-hybridized carbons (Fsp3) is 0.846. The first-order chi connectivity index (χ1) is 15.5. The average molecular weight is 466 g/mol. The first-order valence-electron chi connectivity index (χ1n) is 12.8. The van der Waals surface area contributed by atoms with E-state index in [1.807, 2.05) is 6.08 Å². The molecule has 7 heteroatoms. The lowest BCUT2D eigenvalue weighted by atomic mass is 9.47. The summed E-state index contributed by atoms with van der Waals surface area (Å²) in [5.41, 5.74) is 11.1. The van der Waals surface area contributed by atoms with Crippen LogP contribution in [0.1, 0.15) is 78.1 Å². The molecule has 0 heterocycles. The standard InChI is InChI=1S/C26H41F2N3O2/c1-24-11-8-17(32)14-16(24)4-5-18-19-6-7-21(25(19,2)12-9-20(18)24)22(33)31-15-26(30,23(27)28)10-3-13-29/h14,18-21,23H,3-13,15,29-30H2,1-2H3,(H,31,33)/t18-,19-,20-,21?,24-,25-,26?/m0/s1. The number of nitrogens with two attached hydrogens (primary N) is 2. The predicted octanol–water partition coefficient (Wildman–Crippen LogP) is 3.95. The van der Waals surface area contributed by atoms with Crippen LogP contribution < -0.4 is 16.8 Å². The van der Waals surface area contributed by atoms with Crippen molar-refractivity contribution in [1.29, 1.82) is 0 Å². The van der Waals surface area contributed by atoms with E-state index in [0.717, 1.165) is 44.9 Å². The molecule has 186 valence electrons. The molecule has 1 amide bonds. The minimum absolute atomic E-state index is 0.0900. The number of carbonyl (C=O) groups is 2. The van der Waals surface area contributed by atoms with Crippen LogP contribution in [0.15, 0.2) is 11.6 Å². The zero-order chi connectivity index (χ0) is 24.0. The van der Waals surface area contributed by atoms with Crippen molar-refractivity contribution in [2.75, 3.05) is 13.1 Å². The highest BCUT2D eigenvalue weighted by atomic mass is 19.3. The minimum Gasteiger partial charge on any atom is -0.354 e. The van der Waals surface area contributed by atoms with Crippen molar-refractivity contribution in [2.45, 2.75) is 90.0 Å². The van der Waals surface area contributed by atoms with Crippen LogP contribution in [0.3, 0.4) is 0 Å². The van der Waals surface area contributed by atoms with Gasteiger partial charge in [0, 0.05) is 18.9 Å². The van der Waals surface area contributed by atoms with Crippen molar-refractivity contribution in [3.63, 3.8) is 0 Å². The normalized spacial score (nSPS) is 39.8. The number of amides is 1. The monoisotopic (exact) mass is 465 g/mol. The van der Waals surface area contributed by atoms with E-state index >= 15 is 0 Å². The molecule has 5 nitrogen and oxygen atoms in total. The third-order valence-electron chi connectivity index (χ3n) is 10.2. The molecule has 0 saturated heterocycles. The Morgan fingerprint density at radius 1 is 1.18 bits per heavy atom. The average Bonchev–Trinajstić information content (AvgIpc) is 3.13. The van der Waals surface area contributed by atoms with Gasteiger partial charge in [-0.25, -0.2) is 8.78 Å². The minimum atomic E-state index is -2.71. The summed E-state index contributed by atoms with van der Waals surface area (Å²) in [4.78, 5) is 25.3. The SMILES string of the molecule is C[C@]12CCC(=O)C=C1CC[C@@H]1[C@@H]2CC[C@]2(C)C(C(=O)NCC(N)(CCCN)C(F)F)CC[C@@H]12. The number of carbonyl (C=O) groups excluding carboxylic acids is 2. The first kappa shape index (κ1) is 24.8. The van der Waals surface area contributed by atoms with Gasteiger partial charge < -0.3 is 16.8 Å². The molecule has 0 radical (unpaired) electrons. The lowest BCUT2D eigenvalue weighted by Crippen LogP contribution is -2.57. The van der Waals surface area contributed by atoms with Crippen LogP contribution in [0.4, 0.5) is 8.78 Å². The third-order valence-corrected chi connectivity index (χ3v) is 10.2. The summed E-state index contributed by atoms with van der Waals surface area (Å²) in [6.45, 7) is 4.69. The Hall–Kier alpha value is -1.34. The lowest BCUT2D eigenvalue weighted by molar-refractivity contribution is -0.133. The van der Waals surface area contributed by atoms with Gasteiger partial charge >= 0.3 is 0 Å². The van der Waals surface area contributed by atoms with Crippen LogP contribution in [-0.4, -0.2) is 36.7 Å². The summed E-state index contributed by atoms with van der Waals surface area (Å²) < 4.78 is 27.2. The second-order valence-corrected chi connectivity index (χ2v) is 11.8. The van der Waals surface area contributed by atoms with Gasteiger partial charge in [-0.15, -0.1) is 0 Å². The number of halogens is 2. The Morgan fingerprint density at radius 3 is 2.64 bits per heavy atom. The third kappa shape index (κ3) is 4.18. The molecule has 3 saturated carbocycles. The summed E-state index contributed by atoms with van der Waals surface area (Å²) in [6, 6.07) is 0. The molecule has 33 heavy (non-hydrogen) atoms. The van der Waals surface area contributed by atoms with Crippen molar-refractivity contribution in [3.8, 4) is 0 Å². The van der Waals surface area contributed by atoms with Gasteiger partial charge in [-0.2, -0.15) is 0 Å². The van der Waals surface area contributed by atoms with Gasteiger partial charge in [-0.1, -0.05) is 19.4 Å². The summed E-state index contributed by atoms with van der Waals surface area (Å²) in [6.07, 6.45) is 7.24. The zero-order valence-corrected chi connectivity index (χ0v) is 20.2. The number of nitrogens with one attached hydrogen (secondary N) is 1. The highest BCUT2D eigenvalue weighted by molar-refractivity contribution is 5.91. The maximum absolute atomic E-state index is 13.6. The number of rotatable bonds is 7. The van der Waals surface area contributed by atoms with E-state index in [1.165, 1.54) is 5.57 Å². The Morgan fingerprint density at radius 2 is 1.94 bits per heavy atom. The Bertz CT molecular complexity index is 817. The van der Waals surface area contributed by atoms with Crippen molar-refractivity contribution < 1.29 is 18.4 Å². The van der Waals surface area contributed by atoms with Crippen LogP contribution in [0, 0.1) is 34.5 Å². The molecule has 0 bridgehead atoms. The van der Waals surface area contributed by atoms with Gasteiger partial charge in [0.25, 0.3) is 6.43 Å². The number of fused-ring (bicyclic) bond motifs is 5. The molecule has 4 aliphatic carbocycles. The summed E-state index contributed by atoms with van der Waals surface area (Å²) >= 11 is 0. The summed E-state index contributed by atoms with van der Waals surface area (Å²) in [5, 5.41) is 2.81. The fourth-order valence-electron chi connectivity index (χ4n) is 8.07. The van der Waals surface area contributed by atoms with Crippen LogP contribution >= 0.6 is 0 Å². The highest BCUT2D eigenvalue weighted by Crippen LogP contribution is 2.66. The summed E-state index contributed by atoms with van der Waals surface area (Å²) in [7, 11) is 0. The smallest absolute Gasteiger partial charge is 0.257 e. The largest absolute Gasteiger partial charge is 0.354 e. The molecule has 0 aromatic heterocycles. The fourth-order valence-corrected chi connectivity index (χ4v) is 8.07. The van der Waals surface area contributed by atoms with Crippen LogP contribution in [0.2, 0.25) is 0 Å². The molecule has 0 spiro atoms. The molecular weight excluding hydrogens is 424 g/mol. The lowest BCUT2D eigenvalue weighted by Gasteiger charge is -2.58. The predicted molar refractivity (Wildman–Crippen MR) is 124 cm³/mol. The topological polar surface area (TPSA) is 98.2 Å². The van der Waals surface area contributed by atoms with Gasteiger partial charge in [-0.3, -0.25) is 9.59 Å². The molecule has 2 unspecified atom stereocenters. The van der Waals surface area contributed by atoms with Gasteiger partial charge in [0.1, 0.15) is 0 Å². The number of allylic oxidation sites excluding steroid dienone is 1. The zero-order valence-electron chi connectivity index (χ0n) is 20.2. The van der Waals surface area contributed by atoms with E-state index in [2.05, 4.69) is 19.2 Å². The van der Waals surface area contributed by atoms with Crippen molar-refractivity contribution in [1.82, 2.24) is 5.32 Å². The molecule has 4 aliphatic rings. The number of ketones is 1. The van der Waals surface area contributed by atoms with Gasteiger partial charge in [-0.05, 0) is 99.0 Å². The van der Waals surface area contributed by atoms with E-state index in [4.69, 9.17) is 11.5 Å². The van der Waals surface area contributed by atoms with Crippen molar-refractivity contribution in [3.05, 3.63) is 11.6 Å². The highest BCUT2D eigenvalue weighted by Gasteiger charge is 2.60. The van der Waals surface area contributed by atoms with E-state index in [9.17, 15) is 18.4 Å². The quantitative estimate of drug-likeness (QED) is 0.530. The second-order valence-electron chi connectivity index (χ2n) is 11.8. The van der Waals surface area contributed by atoms with E-state index in [-0.39, 0.29) is 41.4 Å². The van der Waals surface area contributed by atoms with Crippen LogP contribution in [0.5, 0.6) is 0 Å². The molecule has 5 N–H and O–H groups in total. The van der Waals surface area contributed by atoms with E-state index < -0.39 is 12.0 Å². The Labute approximate surface area is 196 Å². The van der Waals surface area contributed by atoms with Gasteiger partial charge in [0.05, 0.1) is 5.54 Å². The number of alkyl halides is 2. The van der Waals surface area contributed by atoms with Gasteiger partial charge in [0.2, 0.25) is 5.91 Å². The molecule has 3 fully saturated rings. The van der Waals surface area contributed by atoms with Crippen LogP contribution in [-0.2, 0) is 9.59 Å². The van der Waals surface area contributed by atoms with Crippen LogP contribution in [0.25, 0.3) is 0 Å². The maximum Gasteiger partial charge on any atom is 0.257 e. The Balaban J connectivity index is 1.46. The van der Waals surface area contributed by atoms with Gasteiger partial charge in [0.15, 0.2) is 5.78 Å². The number of hydrogen-bond acceptors (Lipinski definition) is 4. The number of hydrogen-bond donors (Lipinski definition) is 3. The first-order valence-corrected chi connectivity index (χ1v) is 12.8. The van der Waals surface area contributed by atoms with E-state index in [1.54, 1.807) is 0 Å². The maximum atomic E-state index is 13.6. The molecular formula is C26H41F2N3O2. The second kappa shape index (κ2) is 9.03. The molecule has 0 aliphatic heterocycles. The van der Waals surface area contributed by atoms with E-state index in [0.29, 0.717) is 37.1 Å².